The molecular weight excluding hydrogens is 278 g/mol. The Hall–Kier alpha value is -1.78. The fraction of sp³-hybridized carbons (Fsp3) is 0.647. The summed E-state index contributed by atoms with van der Waals surface area (Å²) in [5.41, 5.74) is 3.30. The summed E-state index contributed by atoms with van der Waals surface area (Å²) in [5.74, 6) is 1.98. The molecule has 1 heterocycles. The molecule has 3 aliphatic carbocycles. The third-order valence-corrected chi connectivity index (χ3v) is 5.80. The van der Waals surface area contributed by atoms with E-state index in [0.29, 0.717) is 23.8 Å². The molecule has 2 N–H and O–H groups in total. The highest BCUT2D eigenvalue weighted by molar-refractivity contribution is 5.74. The van der Waals surface area contributed by atoms with Crippen LogP contribution in [0.4, 0.5) is 4.79 Å². The minimum atomic E-state index is -0.148. The predicted octanol–water partition coefficient (Wildman–Crippen LogP) is 3.08. The van der Waals surface area contributed by atoms with E-state index in [9.17, 15) is 4.79 Å². The van der Waals surface area contributed by atoms with Crippen LogP contribution in [0, 0.1) is 31.1 Å². The van der Waals surface area contributed by atoms with Gasteiger partial charge >= 0.3 is 6.03 Å². The zero-order valence-electron chi connectivity index (χ0n) is 13.8. The van der Waals surface area contributed by atoms with E-state index in [4.69, 9.17) is 4.52 Å². The summed E-state index contributed by atoms with van der Waals surface area (Å²) in [6.07, 6.45) is 2.23. The quantitative estimate of drug-likeness (QED) is 0.843. The largest absolute Gasteiger partial charge is 0.361 e. The fourth-order valence-electron chi connectivity index (χ4n) is 4.01. The zero-order valence-corrected chi connectivity index (χ0v) is 13.8. The summed E-state index contributed by atoms with van der Waals surface area (Å²) in [4.78, 5) is 12.1. The average Bonchev–Trinajstić information content (AvgIpc) is 2.77. The van der Waals surface area contributed by atoms with Crippen molar-refractivity contribution in [1.82, 2.24) is 15.8 Å². The van der Waals surface area contributed by atoms with Gasteiger partial charge < -0.3 is 15.2 Å². The van der Waals surface area contributed by atoms with E-state index in [2.05, 4.69) is 36.2 Å². The standard InChI is InChI=1S/C17H25N3O2/c1-9-14-6-12(17(14,4)5)7-15(9)19-16(21)18-8-13-10(2)20-22-11(13)3/h12,14-15H,1,6-8H2,2-5H3,(H2,18,19,21)/t12-,14+,15?/m1/s1. The van der Waals surface area contributed by atoms with E-state index < -0.39 is 0 Å². The molecule has 3 atom stereocenters. The second-order valence-corrected chi connectivity index (χ2v) is 7.30. The van der Waals surface area contributed by atoms with Crippen molar-refractivity contribution in [3.8, 4) is 0 Å². The van der Waals surface area contributed by atoms with Crippen LogP contribution in [-0.4, -0.2) is 17.2 Å². The number of nitrogens with zero attached hydrogens (tertiary/aromatic N) is 1. The lowest BCUT2D eigenvalue weighted by Gasteiger charge is -2.59. The van der Waals surface area contributed by atoms with Crippen molar-refractivity contribution in [2.24, 2.45) is 17.3 Å². The van der Waals surface area contributed by atoms with Crippen molar-refractivity contribution >= 4 is 6.03 Å². The summed E-state index contributed by atoms with van der Waals surface area (Å²) in [7, 11) is 0. The first-order chi connectivity index (χ1) is 10.3. The van der Waals surface area contributed by atoms with Gasteiger partial charge in [0.05, 0.1) is 11.7 Å². The van der Waals surface area contributed by atoms with Crippen molar-refractivity contribution in [2.75, 3.05) is 0 Å². The minimum absolute atomic E-state index is 0.0986. The number of rotatable bonds is 3. The second-order valence-electron chi connectivity index (χ2n) is 7.30. The number of aryl methyl sites for hydroxylation is 2. The zero-order chi connectivity index (χ0) is 16.1. The fourth-order valence-corrected chi connectivity index (χ4v) is 4.01. The Balaban J connectivity index is 1.54. The molecule has 120 valence electrons. The Bertz CT molecular complexity index is 598. The molecule has 1 aromatic rings. The second kappa shape index (κ2) is 5.14. The van der Waals surface area contributed by atoms with Crippen LogP contribution in [0.5, 0.6) is 0 Å². The molecule has 3 fully saturated rings. The first kappa shape index (κ1) is 15.1. The van der Waals surface area contributed by atoms with Gasteiger partial charge in [0.15, 0.2) is 0 Å². The highest BCUT2D eigenvalue weighted by atomic mass is 16.5. The third kappa shape index (κ3) is 2.32. The molecule has 4 rings (SSSR count). The van der Waals surface area contributed by atoms with E-state index in [1.165, 1.54) is 12.0 Å². The Morgan fingerprint density at radius 2 is 2.14 bits per heavy atom. The normalized spacial score (nSPS) is 28.9. The lowest BCUT2D eigenvalue weighted by atomic mass is 9.46. The monoisotopic (exact) mass is 303 g/mol. The van der Waals surface area contributed by atoms with Crippen molar-refractivity contribution in [1.29, 1.82) is 0 Å². The van der Waals surface area contributed by atoms with Gasteiger partial charge in [-0.1, -0.05) is 31.2 Å². The molecule has 1 unspecified atom stereocenters. The number of urea groups is 1. The van der Waals surface area contributed by atoms with Crippen LogP contribution in [0.25, 0.3) is 0 Å². The lowest BCUT2D eigenvalue weighted by molar-refractivity contribution is -0.0368. The molecular formula is C17H25N3O2. The van der Waals surface area contributed by atoms with Crippen LogP contribution >= 0.6 is 0 Å². The lowest BCUT2D eigenvalue weighted by Crippen LogP contribution is -2.58. The van der Waals surface area contributed by atoms with Crippen LogP contribution in [0.3, 0.4) is 0 Å². The van der Waals surface area contributed by atoms with Gasteiger partial charge in [-0.15, -0.1) is 0 Å². The number of hydrogen-bond donors (Lipinski definition) is 2. The molecule has 0 aliphatic heterocycles. The summed E-state index contributed by atoms with van der Waals surface area (Å²) >= 11 is 0. The van der Waals surface area contributed by atoms with Gasteiger partial charge in [0, 0.05) is 12.1 Å². The summed E-state index contributed by atoms with van der Waals surface area (Å²) in [5, 5.41) is 9.85. The van der Waals surface area contributed by atoms with E-state index >= 15 is 0 Å². The average molecular weight is 303 g/mol. The molecule has 0 saturated heterocycles. The maximum atomic E-state index is 12.1. The minimum Gasteiger partial charge on any atom is -0.361 e. The van der Waals surface area contributed by atoms with Crippen LogP contribution < -0.4 is 10.6 Å². The Morgan fingerprint density at radius 3 is 2.68 bits per heavy atom. The SMILES string of the molecule is C=C1C(NC(=O)NCc2c(C)noc2C)C[C@H]2C[C@@H]1C2(C)C. The van der Waals surface area contributed by atoms with Crippen LogP contribution in [0.1, 0.15) is 43.7 Å². The van der Waals surface area contributed by atoms with Gasteiger partial charge in [-0.05, 0) is 43.9 Å². The smallest absolute Gasteiger partial charge is 0.315 e. The highest BCUT2D eigenvalue weighted by Crippen LogP contribution is 2.60. The third-order valence-electron chi connectivity index (χ3n) is 5.80. The van der Waals surface area contributed by atoms with Gasteiger partial charge in [0.25, 0.3) is 0 Å². The van der Waals surface area contributed by atoms with Gasteiger partial charge in [0.2, 0.25) is 0 Å². The summed E-state index contributed by atoms with van der Waals surface area (Å²) < 4.78 is 5.10. The number of hydrogen-bond acceptors (Lipinski definition) is 3. The maximum absolute atomic E-state index is 12.1. The molecule has 0 aromatic carbocycles. The molecule has 0 radical (unpaired) electrons. The van der Waals surface area contributed by atoms with Crippen molar-refractivity contribution in [2.45, 2.75) is 53.1 Å². The summed E-state index contributed by atoms with van der Waals surface area (Å²) in [6, 6.07) is -0.0494. The first-order valence-corrected chi connectivity index (χ1v) is 7.95. The van der Waals surface area contributed by atoms with Crippen molar-refractivity contribution in [3.63, 3.8) is 0 Å². The van der Waals surface area contributed by atoms with E-state index in [1.54, 1.807) is 0 Å². The van der Waals surface area contributed by atoms with Gasteiger partial charge in [-0.25, -0.2) is 4.79 Å². The van der Waals surface area contributed by atoms with E-state index in [-0.39, 0.29) is 12.1 Å². The molecule has 5 nitrogen and oxygen atoms in total. The highest BCUT2D eigenvalue weighted by Gasteiger charge is 2.54. The number of nitrogens with one attached hydrogen (secondary N) is 2. The van der Waals surface area contributed by atoms with Gasteiger partial charge in [0.1, 0.15) is 5.76 Å². The number of carbonyl (C=O) groups excluding carboxylic acids is 1. The molecule has 22 heavy (non-hydrogen) atoms. The van der Waals surface area contributed by atoms with E-state index in [0.717, 1.165) is 23.4 Å². The van der Waals surface area contributed by atoms with E-state index in [1.807, 2.05) is 13.8 Å². The molecule has 3 saturated carbocycles. The van der Waals surface area contributed by atoms with Crippen LogP contribution in [-0.2, 0) is 6.54 Å². The molecule has 3 aliphatic rings. The molecule has 0 spiro atoms. The van der Waals surface area contributed by atoms with Crippen LogP contribution in [0.15, 0.2) is 16.7 Å². The van der Waals surface area contributed by atoms with Crippen molar-refractivity contribution < 1.29 is 9.32 Å². The Kier molecular flexibility index (Phi) is 3.54. The number of fused-ring (bicyclic) bond motifs is 2. The number of carbonyl (C=O) groups is 1. The molecule has 2 bridgehead atoms. The van der Waals surface area contributed by atoms with Gasteiger partial charge in [-0.2, -0.15) is 0 Å². The maximum Gasteiger partial charge on any atom is 0.315 e. The molecule has 5 heteroatoms. The Morgan fingerprint density at radius 1 is 1.41 bits per heavy atom. The number of amides is 2. The van der Waals surface area contributed by atoms with Gasteiger partial charge in [-0.3, -0.25) is 0 Å². The Labute approximate surface area is 131 Å². The molecule has 1 aromatic heterocycles. The summed E-state index contributed by atoms with van der Waals surface area (Å²) in [6.45, 7) is 13.0. The molecule has 2 amide bonds. The number of aromatic nitrogens is 1. The van der Waals surface area contributed by atoms with Crippen LogP contribution in [0.2, 0.25) is 0 Å². The van der Waals surface area contributed by atoms with Crippen molar-refractivity contribution in [3.05, 3.63) is 29.2 Å². The first-order valence-electron chi connectivity index (χ1n) is 7.95. The topological polar surface area (TPSA) is 67.2 Å². The predicted molar refractivity (Wildman–Crippen MR) is 84.3 cm³/mol.